The van der Waals surface area contributed by atoms with Crippen molar-refractivity contribution in [3.8, 4) is 0 Å². The molecule has 0 saturated heterocycles. The van der Waals surface area contributed by atoms with Gasteiger partial charge in [0.1, 0.15) is 5.76 Å². The minimum absolute atomic E-state index is 0.254. The van der Waals surface area contributed by atoms with Gasteiger partial charge < -0.3 is 14.4 Å². The molecule has 1 amide bonds. The van der Waals surface area contributed by atoms with Crippen molar-refractivity contribution in [3.63, 3.8) is 0 Å². The summed E-state index contributed by atoms with van der Waals surface area (Å²) in [4.78, 5) is 12.0. The molecule has 1 aliphatic rings. The molecule has 6 nitrogen and oxygen atoms in total. The van der Waals surface area contributed by atoms with Gasteiger partial charge in [0, 0.05) is 24.0 Å². The third-order valence-corrected chi connectivity index (χ3v) is 4.14. The van der Waals surface area contributed by atoms with Crippen molar-refractivity contribution in [2.45, 2.75) is 57.9 Å². The predicted octanol–water partition coefficient (Wildman–Crippen LogP) is 3.37. The van der Waals surface area contributed by atoms with E-state index in [2.05, 4.69) is 29.5 Å². The Labute approximate surface area is 129 Å². The van der Waals surface area contributed by atoms with Crippen molar-refractivity contribution in [3.05, 3.63) is 35.0 Å². The summed E-state index contributed by atoms with van der Waals surface area (Å²) in [6.07, 6.45) is 4.29. The Morgan fingerprint density at radius 2 is 2.05 bits per heavy atom. The zero-order valence-electron chi connectivity index (χ0n) is 13.0. The third kappa shape index (κ3) is 3.21. The van der Waals surface area contributed by atoms with Gasteiger partial charge in [-0.25, -0.2) is 0 Å². The molecule has 6 heteroatoms. The van der Waals surface area contributed by atoms with Crippen LogP contribution in [-0.4, -0.2) is 16.2 Å². The van der Waals surface area contributed by atoms with Gasteiger partial charge in [-0.1, -0.05) is 24.2 Å². The molecule has 1 aliphatic carbocycles. The molecule has 2 heterocycles. The SMILES string of the molecule is CCC(CC)c1cc(CNC(=O)c2cc(C3CC3)on2)on1. The quantitative estimate of drug-likeness (QED) is 0.848. The standard InChI is InChI=1S/C16H21N3O3/c1-3-10(4-2)13-7-12(21-18-13)9-17-16(20)14-8-15(22-19-14)11-5-6-11/h7-8,10-11H,3-6,9H2,1-2H3,(H,17,20). The highest BCUT2D eigenvalue weighted by Gasteiger charge is 2.28. The lowest BCUT2D eigenvalue weighted by molar-refractivity contribution is 0.0938. The van der Waals surface area contributed by atoms with Crippen molar-refractivity contribution in [1.82, 2.24) is 15.6 Å². The second-order valence-electron chi connectivity index (χ2n) is 5.80. The number of hydrogen-bond donors (Lipinski definition) is 1. The first-order valence-corrected chi connectivity index (χ1v) is 7.91. The average molecular weight is 303 g/mol. The van der Waals surface area contributed by atoms with Crippen LogP contribution in [0.15, 0.2) is 21.2 Å². The fourth-order valence-corrected chi connectivity index (χ4v) is 2.53. The van der Waals surface area contributed by atoms with Crippen LogP contribution in [0, 0.1) is 0 Å². The highest BCUT2D eigenvalue weighted by atomic mass is 16.5. The molecule has 0 aliphatic heterocycles. The van der Waals surface area contributed by atoms with Crippen molar-refractivity contribution < 1.29 is 13.8 Å². The van der Waals surface area contributed by atoms with Crippen LogP contribution >= 0.6 is 0 Å². The first-order valence-electron chi connectivity index (χ1n) is 7.91. The Balaban J connectivity index is 1.56. The van der Waals surface area contributed by atoms with E-state index in [1.165, 1.54) is 0 Å². The molecule has 2 aromatic heterocycles. The van der Waals surface area contributed by atoms with Crippen LogP contribution in [0.4, 0.5) is 0 Å². The summed E-state index contributed by atoms with van der Waals surface area (Å²) in [6, 6.07) is 3.64. The number of nitrogens with one attached hydrogen (secondary N) is 1. The number of carbonyl (C=O) groups excluding carboxylic acids is 1. The third-order valence-electron chi connectivity index (χ3n) is 4.14. The lowest BCUT2D eigenvalue weighted by Crippen LogP contribution is -2.22. The van der Waals surface area contributed by atoms with Gasteiger partial charge in [-0.15, -0.1) is 0 Å². The Morgan fingerprint density at radius 3 is 2.73 bits per heavy atom. The molecule has 1 fully saturated rings. The Kier molecular flexibility index (Phi) is 4.27. The fourth-order valence-electron chi connectivity index (χ4n) is 2.53. The second-order valence-corrected chi connectivity index (χ2v) is 5.80. The summed E-state index contributed by atoms with van der Waals surface area (Å²) in [5, 5.41) is 10.7. The highest BCUT2D eigenvalue weighted by Crippen LogP contribution is 2.40. The minimum Gasteiger partial charge on any atom is -0.360 e. The van der Waals surface area contributed by atoms with E-state index in [-0.39, 0.29) is 5.91 Å². The number of rotatable bonds is 7. The van der Waals surface area contributed by atoms with Crippen molar-refractivity contribution >= 4 is 5.91 Å². The molecular weight excluding hydrogens is 282 g/mol. The molecular formula is C16H21N3O3. The zero-order chi connectivity index (χ0) is 15.5. The molecule has 0 bridgehead atoms. The van der Waals surface area contributed by atoms with Crippen LogP contribution in [0.3, 0.4) is 0 Å². The van der Waals surface area contributed by atoms with Gasteiger partial charge >= 0.3 is 0 Å². The molecule has 0 spiro atoms. The monoisotopic (exact) mass is 303 g/mol. The van der Waals surface area contributed by atoms with Crippen molar-refractivity contribution in [2.75, 3.05) is 0 Å². The summed E-state index contributed by atoms with van der Waals surface area (Å²) in [6.45, 7) is 4.57. The molecule has 1 saturated carbocycles. The van der Waals surface area contributed by atoms with E-state index < -0.39 is 0 Å². The fraction of sp³-hybridized carbons (Fsp3) is 0.562. The van der Waals surface area contributed by atoms with E-state index in [1.807, 2.05) is 6.07 Å². The first kappa shape index (κ1) is 14.8. The zero-order valence-corrected chi connectivity index (χ0v) is 13.0. The first-order chi connectivity index (χ1) is 10.7. The Bertz CT molecular complexity index is 639. The maximum Gasteiger partial charge on any atom is 0.273 e. The number of carbonyl (C=O) groups is 1. The largest absolute Gasteiger partial charge is 0.360 e. The topological polar surface area (TPSA) is 81.2 Å². The Morgan fingerprint density at radius 1 is 1.27 bits per heavy atom. The maximum absolute atomic E-state index is 12.0. The molecule has 0 aromatic carbocycles. The molecule has 3 rings (SSSR count). The average Bonchev–Trinajstić information content (AvgIpc) is 3.08. The second kappa shape index (κ2) is 6.34. The molecule has 0 atom stereocenters. The van der Waals surface area contributed by atoms with Gasteiger partial charge in [0.25, 0.3) is 5.91 Å². The highest BCUT2D eigenvalue weighted by molar-refractivity contribution is 5.92. The summed E-state index contributed by atoms with van der Waals surface area (Å²) in [5.41, 5.74) is 1.27. The van der Waals surface area contributed by atoms with E-state index >= 15 is 0 Å². The van der Waals surface area contributed by atoms with Crippen LogP contribution < -0.4 is 5.32 Å². The summed E-state index contributed by atoms with van der Waals surface area (Å²) >= 11 is 0. The minimum atomic E-state index is -0.254. The van der Waals surface area contributed by atoms with Gasteiger partial charge in [0.05, 0.1) is 12.2 Å². The van der Waals surface area contributed by atoms with Crippen molar-refractivity contribution in [2.24, 2.45) is 0 Å². The van der Waals surface area contributed by atoms with E-state index in [1.54, 1.807) is 6.07 Å². The predicted molar refractivity (Wildman–Crippen MR) is 79.5 cm³/mol. The maximum atomic E-state index is 12.0. The van der Waals surface area contributed by atoms with Crippen LogP contribution in [-0.2, 0) is 6.54 Å². The van der Waals surface area contributed by atoms with Gasteiger partial charge in [0.2, 0.25) is 0 Å². The normalized spacial score (nSPS) is 14.5. The number of amides is 1. The van der Waals surface area contributed by atoms with Crippen LogP contribution in [0.1, 0.15) is 79.1 Å². The van der Waals surface area contributed by atoms with Crippen LogP contribution in [0.25, 0.3) is 0 Å². The summed E-state index contributed by atoms with van der Waals surface area (Å²) in [5.74, 6) is 2.06. The molecule has 1 N–H and O–H groups in total. The smallest absolute Gasteiger partial charge is 0.273 e. The van der Waals surface area contributed by atoms with E-state index in [4.69, 9.17) is 9.05 Å². The molecule has 22 heavy (non-hydrogen) atoms. The molecule has 0 radical (unpaired) electrons. The van der Waals surface area contributed by atoms with Gasteiger partial charge in [-0.2, -0.15) is 0 Å². The van der Waals surface area contributed by atoms with Crippen LogP contribution in [0.2, 0.25) is 0 Å². The summed E-state index contributed by atoms with van der Waals surface area (Å²) < 4.78 is 10.5. The number of aromatic nitrogens is 2. The number of hydrogen-bond acceptors (Lipinski definition) is 5. The van der Waals surface area contributed by atoms with Gasteiger partial charge in [-0.05, 0) is 25.7 Å². The Hall–Kier alpha value is -2.11. The van der Waals surface area contributed by atoms with Crippen LogP contribution in [0.5, 0.6) is 0 Å². The van der Waals surface area contributed by atoms with Gasteiger partial charge in [-0.3, -0.25) is 4.79 Å². The summed E-state index contributed by atoms with van der Waals surface area (Å²) in [7, 11) is 0. The van der Waals surface area contributed by atoms with Gasteiger partial charge in [0.15, 0.2) is 11.5 Å². The number of nitrogens with zero attached hydrogens (tertiary/aromatic N) is 2. The van der Waals surface area contributed by atoms with E-state index in [9.17, 15) is 4.79 Å². The molecule has 2 aromatic rings. The van der Waals surface area contributed by atoms with Crippen molar-refractivity contribution in [1.29, 1.82) is 0 Å². The van der Waals surface area contributed by atoms with E-state index in [0.29, 0.717) is 29.8 Å². The van der Waals surface area contributed by atoms with E-state index in [0.717, 1.165) is 37.1 Å². The molecule has 118 valence electrons. The lowest BCUT2D eigenvalue weighted by Gasteiger charge is -2.05. The molecule has 0 unspecified atom stereocenters. The lowest BCUT2D eigenvalue weighted by atomic mass is 9.99.